The number of ether oxygens (including phenoxy) is 1. The Kier molecular flexibility index (Phi) is 4.13. The fourth-order valence-corrected chi connectivity index (χ4v) is 5.63. The van der Waals surface area contributed by atoms with Crippen molar-refractivity contribution in [3.8, 4) is 0 Å². The molecular weight excluding hydrogens is 304 g/mol. The van der Waals surface area contributed by atoms with Crippen LogP contribution in [-0.2, 0) is 14.3 Å². The minimum Gasteiger partial charge on any atom is -0.481 e. The Morgan fingerprint density at radius 2 is 2.12 bits per heavy atom. The van der Waals surface area contributed by atoms with E-state index < -0.39 is 11.4 Å². The lowest BCUT2D eigenvalue weighted by Crippen LogP contribution is -2.53. The van der Waals surface area contributed by atoms with E-state index in [1.165, 1.54) is 5.57 Å². The first-order valence-corrected chi connectivity index (χ1v) is 8.98. The molecule has 4 heteroatoms. The second-order valence-electron chi connectivity index (χ2n) is 8.43. The van der Waals surface area contributed by atoms with Gasteiger partial charge in [-0.05, 0) is 68.8 Å². The quantitative estimate of drug-likeness (QED) is 0.624. The molecule has 132 valence electrons. The highest BCUT2D eigenvalue weighted by Gasteiger charge is 2.57. The summed E-state index contributed by atoms with van der Waals surface area (Å²) in [5, 5.41) is 9.86. The summed E-state index contributed by atoms with van der Waals surface area (Å²) in [4.78, 5) is 23.5. The van der Waals surface area contributed by atoms with E-state index in [1.54, 1.807) is 6.08 Å². The topological polar surface area (TPSA) is 63.6 Å². The standard InChI is InChI=1S/C20H28O4/c1-12-6-7-16-19(3,8-5-9-20(16,4)18(22)23)14(12)11-15-13(2)10-17(21)24-15/h10,14-16H,1,5-9,11H2,2-4H3,(H,22,23)/t14-,15+,16+,19+,20-/m0/s1. The summed E-state index contributed by atoms with van der Waals surface area (Å²) in [5.41, 5.74) is 1.41. The molecular formula is C20H28O4. The zero-order chi connectivity index (χ0) is 17.7. The summed E-state index contributed by atoms with van der Waals surface area (Å²) in [6, 6.07) is 0. The molecule has 0 radical (unpaired) electrons. The van der Waals surface area contributed by atoms with Gasteiger partial charge in [0, 0.05) is 6.08 Å². The number of esters is 1. The molecule has 1 N–H and O–H groups in total. The lowest BCUT2D eigenvalue weighted by atomic mass is 9.46. The number of aliphatic carboxylic acids is 1. The van der Waals surface area contributed by atoms with E-state index in [0.717, 1.165) is 44.1 Å². The van der Waals surface area contributed by atoms with Crippen LogP contribution in [0.1, 0.15) is 59.3 Å². The summed E-state index contributed by atoms with van der Waals surface area (Å²) in [6.07, 6.45) is 6.58. The number of carboxylic acids is 1. The number of carbonyl (C=O) groups excluding carboxylic acids is 1. The number of carboxylic acid groups (broad SMARTS) is 1. The van der Waals surface area contributed by atoms with Gasteiger partial charge in [-0.15, -0.1) is 0 Å². The molecule has 2 aliphatic carbocycles. The Bertz CT molecular complexity index is 619. The van der Waals surface area contributed by atoms with Crippen molar-refractivity contribution in [2.75, 3.05) is 0 Å². The third-order valence-electron chi connectivity index (χ3n) is 7.07. The molecule has 1 heterocycles. The fraction of sp³-hybridized carbons (Fsp3) is 0.700. The van der Waals surface area contributed by atoms with Crippen molar-refractivity contribution in [2.45, 2.75) is 65.4 Å². The summed E-state index contributed by atoms with van der Waals surface area (Å²) in [5.74, 6) is -0.588. The number of allylic oxidation sites excluding steroid dienone is 1. The second-order valence-corrected chi connectivity index (χ2v) is 8.43. The fourth-order valence-electron chi connectivity index (χ4n) is 5.63. The average molecular weight is 332 g/mol. The van der Waals surface area contributed by atoms with E-state index in [2.05, 4.69) is 13.5 Å². The van der Waals surface area contributed by atoms with Crippen LogP contribution in [0.25, 0.3) is 0 Å². The molecule has 4 nitrogen and oxygen atoms in total. The van der Waals surface area contributed by atoms with Crippen LogP contribution in [0.5, 0.6) is 0 Å². The SMILES string of the molecule is C=C1CC[C@@H]2[C@](C)(CCC[C@]2(C)C(=O)O)[C@H]1C[C@H]1OC(=O)C=C1C. The molecule has 2 fully saturated rings. The second kappa shape index (κ2) is 5.75. The van der Waals surface area contributed by atoms with Crippen molar-refractivity contribution in [1.29, 1.82) is 0 Å². The third kappa shape index (κ3) is 2.51. The maximum Gasteiger partial charge on any atom is 0.331 e. The summed E-state index contributed by atoms with van der Waals surface area (Å²) in [6.45, 7) is 10.4. The van der Waals surface area contributed by atoms with E-state index >= 15 is 0 Å². The summed E-state index contributed by atoms with van der Waals surface area (Å²) < 4.78 is 5.46. The highest BCUT2D eigenvalue weighted by atomic mass is 16.5. The highest BCUT2D eigenvalue weighted by Crippen LogP contribution is 2.62. The van der Waals surface area contributed by atoms with Gasteiger partial charge < -0.3 is 9.84 Å². The van der Waals surface area contributed by atoms with Crippen LogP contribution in [0, 0.1) is 22.7 Å². The molecule has 0 unspecified atom stereocenters. The van der Waals surface area contributed by atoms with Crippen molar-refractivity contribution in [3.63, 3.8) is 0 Å². The van der Waals surface area contributed by atoms with Gasteiger partial charge in [-0.1, -0.05) is 25.5 Å². The van der Waals surface area contributed by atoms with Gasteiger partial charge in [0.05, 0.1) is 5.41 Å². The van der Waals surface area contributed by atoms with Crippen LogP contribution in [-0.4, -0.2) is 23.1 Å². The Morgan fingerprint density at radius 3 is 2.71 bits per heavy atom. The number of hydrogen-bond donors (Lipinski definition) is 1. The molecule has 0 aromatic rings. The maximum absolute atomic E-state index is 12.0. The van der Waals surface area contributed by atoms with Gasteiger partial charge >= 0.3 is 11.9 Å². The maximum atomic E-state index is 12.0. The van der Waals surface area contributed by atoms with Gasteiger partial charge in [-0.25, -0.2) is 4.79 Å². The van der Waals surface area contributed by atoms with Gasteiger partial charge in [0.1, 0.15) is 6.10 Å². The smallest absolute Gasteiger partial charge is 0.331 e. The van der Waals surface area contributed by atoms with E-state index in [-0.39, 0.29) is 29.3 Å². The molecule has 5 atom stereocenters. The van der Waals surface area contributed by atoms with Crippen LogP contribution in [0.15, 0.2) is 23.8 Å². The number of carbonyl (C=O) groups is 2. The lowest BCUT2D eigenvalue weighted by molar-refractivity contribution is -0.164. The first-order chi connectivity index (χ1) is 11.2. The first-order valence-electron chi connectivity index (χ1n) is 8.98. The van der Waals surface area contributed by atoms with Gasteiger partial charge in [-0.2, -0.15) is 0 Å². The predicted molar refractivity (Wildman–Crippen MR) is 91.3 cm³/mol. The molecule has 3 aliphatic rings. The van der Waals surface area contributed by atoms with E-state index in [1.807, 2.05) is 13.8 Å². The van der Waals surface area contributed by atoms with E-state index in [0.29, 0.717) is 0 Å². The zero-order valence-electron chi connectivity index (χ0n) is 14.9. The van der Waals surface area contributed by atoms with Gasteiger partial charge in [0.25, 0.3) is 0 Å². The van der Waals surface area contributed by atoms with Crippen molar-refractivity contribution < 1.29 is 19.4 Å². The Hall–Kier alpha value is -1.58. The molecule has 1 aliphatic heterocycles. The summed E-state index contributed by atoms with van der Waals surface area (Å²) in [7, 11) is 0. The van der Waals surface area contributed by atoms with Gasteiger partial charge in [0.15, 0.2) is 0 Å². The number of fused-ring (bicyclic) bond motifs is 1. The lowest BCUT2D eigenvalue weighted by Gasteiger charge is -2.57. The molecule has 0 aromatic heterocycles. The van der Waals surface area contributed by atoms with Crippen molar-refractivity contribution >= 4 is 11.9 Å². The molecule has 0 spiro atoms. The number of hydrogen-bond acceptors (Lipinski definition) is 3. The molecule has 2 saturated carbocycles. The van der Waals surface area contributed by atoms with Crippen LogP contribution in [0.2, 0.25) is 0 Å². The van der Waals surface area contributed by atoms with Crippen LogP contribution < -0.4 is 0 Å². The average Bonchev–Trinajstić information content (AvgIpc) is 2.80. The van der Waals surface area contributed by atoms with Crippen LogP contribution in [0.4, 0.5) is 0 Å². The molecule has 0 amide bonds. The molecule has 24 heavy (non-hydrogen) atoms. The van der Waals surface area contributed by atoms with Crippen molar-refractivity contribution in [2.24, 2.45) is 22.7 Å². The van der Waals surface area contributed by atoms with E-state index in [4.69, 9.17) is 4.74 Å². The molecule has 3 rings (SSSR count). The van der Waals surface area contributed by atoms with Gasteiger partial charge in [0.2, 0.25) is 0 Å². The first kappa shape index (κ1) is 17.2. The Morgan fingerprint density at radius 1 is 1.42 bits per heavy atom. The Labute approximate surface area is 144 Å². The van der Waals surface area contributed by atoms with Gasteiger partial charge in [-0.3, -0.25) is 4.79 Å². The molecule has 0 bridgehead atoms. The minimum absolute atomic E-state index is 0.0873. The van der Waals surface area contributed by atoms with Crippen molar-refractivity contribution in [1.82, 2.24) is 0 Å². The Balaban J connectivity index is 1.91. The predicted octanol–water partition coefficient (Wildman–Crippen LogP) is 4.11. The van der Waals surface area contributed by atoms with Crippen molar-refractivity contribution in [3.05, 3.63) is 23.8 Å². The van der Waals surface area contributed by atoms with Crippen LogP contribution >= 0.6 is 0 Å². The minimum atomic E-state index is -0.673. The summed E-state index contributed by atoms with van der Waals surface area (Å²) >= 11 is 0. The number of rotatable bonds is 3. The zero-order valence-corrected chi connectivity index (χ0v) is 14.9. The number of cyclic esters (lactones) is 1. The van der Waals surface area contributed by atoms with Crippen LogP contribution in [0.3, 0.4) is 0 Å². The van der Waals surface area contributed by atoms with E-state index in [9.17, 15) is 14.7 Å². The third-order valence-corrected chi connectivity index (χ3v) is 7.07. The molecule has 0 aromatic carbocycles. The normalized spacial score (nSPS) is 42.3. The largest absolute Gasteiger partial charge is 0.481 e. The monoisotopic (exact) mass is 332 g/mol. The highest BCUT2D eigenvalue weighted by molar-refractivity contribution is 5.85. The molecule has 0 saturated heterocycles.